The van der Waals surface area contributed by atoms with Gasteiger partial charge in [0.2, 0.25) is 5.91 Å². The number of allylic oxidation sites excluding steroid dienone is 1. The maximum Gasteiger partial charge on any atom is 0.227 e. The van der Waals surface area contributed by atoms with E-state index in [1.54, 1.807) is 12.0 Å². The van der Waals surface area contributed by atoms with Gasteiger partial charge in [-0.1, -0.05) is 45.0 Å². The minimum atomic E-state index is -0.474. The molecule has 1 N–H and O–H groups in total. The molecule has 1 aliphatic heterocycles. The number of anilines is 2. The summed E-state index contributed by atoms with van der Waals surface area (Å²) < 4.78 is 5.32. The predicted octanol–water partition coefficient (Wildman–Crippen LogP) is 5.25. The molecular formula is C25H28N2O3. The first-order valence-corrected chi connectivity index (χ1v) is 10.4. The van der Waals surface area contributed by atoms with Gasteiger partial charge in [-0.05, 0) is 41.7 Å². The third-order valence-electron chi connectivity index (χ3n) is 5.90. The molecule has 2 aromatic rings. The van der Waals surface area contributed by atoms with Crippen LogP contribution in [0.25, 0.3) is 0 Å². The normalized spacial score (nSPS) is 20.1. The lowest BCUT2D eigenvalue weighted by Gasteiger charge is -2.37. The fourth-order valence-electron chi connectivity index (χ4n) is 4.53. The fourth-order valence-corrected chi connectivity index (χ4v) is 4.53. The molecule has 0 saturated carbocycles. The van der Waals surface area contributed by atoms with E-state index in [-0.39, 0.29) is 17.1 Å². The third-order valence-corrected chi connectivity index (χ3v) is 5.90. The Bertz CT molecular complexity index is 1020. The maximum atomic E-state index is 13.5. The number of methoxy groups -OCH3 is 1. The van der Waals surface area contributed by atoms with Crippen molar-refractivity contribution in [3.8, 4) is 5.75 Å². The largest absolute Gasteiger partial charge is 0.497 e. The van der Waals surface area contributed by atoms with Crippen LogP contribution in [0, 0.1) is 5.41 Å². The van der Waals surface area contributed by atoms with Crippen molar-refractivity contribution in [2.24, 2.45) is 5.41 Å². The van der Waals surface area contributed by atoms with Gasteiger partial charge in [-0.2, -0.15) is 0 Å². The highest BCUT2D eigenvalue weighted by Gasteiger charge is 2.42. The van der Waals surface area contributed by atoms with Gasteiger partial charge in [0.15, 0.2) is 5.78 Å². The van der Waals surface area contributed by atoms with E-state index in [2.05, 4.69) is 19.2 Å². The van der Waals surface area contributed by atoms with Crippen molar-refractivity contribution < 1.29 is 14.3 Å². The van der Waals surface area contributed by atoms with E-state index in [9.17, 15) is 9.59 Å². The van der Waals surface area contributed by atoms with E-state index < -0.39 is 6.04 Å². The number of ketones is 1. The minimum Gasteiger partial charge on any atom is -0.497 e. The summed E-state index contributed by atoms with van der Waals surface area (Å²) in [6, 6.07) is 15.0. The zero-order chi connectivity index (χ0) is 21.5. The molecule has 0 saturated heterocycles. The summed E-state index contributed by atoms with van der Waals surface area (Å²) in [5.41, 5.74) is 4.02. The second kappa shape index (κ2) is 7.63. The summed E-state index contributed by atoms with van der Waals surface area (Å²) in [5.74, 6) is 0.817. The summed E-state index contributed by atoms with van der Waals surface area (Å²) in [6.07, 6.45) is 1.57. The molecule has 2 aromatic carbocycles. The van der Waals surface area contributed by atoms with Crippen LogP contribution in [0.15, 0.2) is 59.8 Å². The van der Waals surface area contributed by atoms with Gasteiger partial charge >= 0.3 is 0 Å². The highest BCUT2D eigenvalue weighted by atomic mass is 16.5. The first-order chi connectivity index (χ1) is 14.3. The van der Waals surface area contributed by atoms with Gasteiger partial charge in [-0.15, -0.1) is 0 Å². The van der Waals surface area contributed by atoms with Crippen LogP contribution in [0.4, 0.5) is 11.4 Å². The summed E-state index contributed by atoms with van der Waals surface area (Å²) in [5, 5.41) is 3.52. The number of fused-ring (bicyclic) bond motifs is 1. The van der Waals surface area contributed by atoms with Crippen LogP contribution in [0.2, 0.25) is 0 Å². The van der Waals surface area contributed by atoms with Gasteiger partial charge in [-0.3, -0.25) is 14.5 Å². The topological polar surface area (TPSA) is 58.6 Å². The Hall–Kier alpha value is -3.08. The van der Waals surface area contributed by atoms with E-state index in [4.69, 9.17) is 4.74 Å². The van der Waals surface area contributed by atoms with Crippen molar-refractivity contribution in [2.45, 2.75) is 46.1 Å². The van der Waals surface area contributed by atoms with Crippen molar-refractivity contribution >= 4 is 23.1 Å². The van der Waals surface area contributed by atoms with E-state index in [1.165, 1.54) is 0 Å². The molecule has 0 bridgehead atoms. The molecule has 1 aliphatic carbocycles. The van der Waals surface area contributed by atoms with Gasteiger partial charge in [-0.25, -0.2) is 0 Å². The number of hydrogen-bond donors (Lipinski definition) is 1. The lowest BCUT2D eigenvalue weighted by molar-refractivity contribution is -0.119. The lowest BCUT2D eigenvalue weighted by Crippen LogP contribution is -2.39. The summed E-state index contributed by atoms with van der Waals surface area (Å²) in [7, 11) is 1.63. The van der Waals surface area contributed by atoms with Crippen LogP contribution >= 0.6 is 0 Å². The van der Waals surface area contributed by atoms with Crippen molar-refractivity contribution in [3.05, 3.63) is 65.4 Å². The number of nitrogens with one attached hydrogen (secondary N) is 1. The highest BCUT2D eigenvalue weighted by Crippen LogP contribution is 2.48. The fraction of sp³-hybridized carbons (Fsp3) is 0.360. The zero-order valence-corrected chi connectivity index (χ0v) is 18.0. The molecule has 5 heteroatoms. The average Bonchev–Trinajstić information content (AvgIpc) is 2.86. The van der Waals surface area contributed by atoms with E-state index in [1.807, 2.05) is 55.5 Å². The van der Waals surface area contributed by atoms with Crippen molar-refractivity contribution in [1.29, 1.82) is 0 Å². The van der Waals surface area contributed by atoms with Gasteiger partial charge in [0.1, 0.15) is 5.75 Å². The Kier molecular flexibility index (Phi) is 5.14. The molecule has 30 heavy (non-hydrogen) atoms. The van der Waals surface area contributed by atoms with Crippen molar-refractivity contribution in [2.75, 3.05) is 17.3 Å². The van der Waals surface area contributed by atoms with Crippen LogP contribution in [0.3, 0.4) is 0 Å². The molecule has 2 aliphatic rings. The standard InChI is InChI=1S/C25H28N2O3/c1-5-22(29)27-20-9-7-6-8-18(20)26-19-14-25(2,3)15-21(28)23(19)24(27)16-10-12-17(30-4)13-11-16/h6-13,24,26H,5,14-15H2,1-4H3/t24-/m1/s1. The Labute approximate surface area is 177 Å². The minimum absolute atomic E-state index is 0.0172. The number of carbonyl (C=O) groups is 2. The number of Topliss-reactive ketones (excluding diaryl/α,β-unsaturated/α-hetero) is 1. The van der Waals surface area contributed by atoms with Crippen molar-refractivity contribution in [3.63, 3.8) is 0 Å². The number of para-hydroxylation sites is 2. The van der Waals surface area contributed by atoms with Gasteiger partial charge in [0, 0.05) is 24.1 Å². The van der Waals surface area contributed by atoms with E-state index in [0.29, 0.717) is 18.4 Å². The highest BCUT2D eigenvalue weighted by molar-refractivity contribution is 6.06. The Balaban J connectivity index is 1.98. The number of rotatable bonds is 3. The number of hydrogen-bond acceptors (Lipinski definition) is 4. The van der Waals surface area contributed by atoms with Gasteiger partial charge in [0.25, 0.3) is 0 Å². The van der Waals surface area contributed by atoms with Crippen LogP contribution < -0.4 is 15.0 Å². The van der Waals surface area contributed by atoms with E-state index in [0.717, 1.165) is 34.8 Å². The van der Waals surface area contributed by atoms with Crippen LogP contribution in [-0.2, 0) is 9.59 Å². The number of amides is 1. The molecule has 0 aromatic heterocycles. The average molecular weight is 405 g/mol. The van der Waals surface area contributed by atoms with Crippen LogP contribution in [0.1, 0.15) is 51.6 Å². The quantitative estimate of drug-likeness (QED) is 0.759. The smallest absolute Gasteiger partial charge is 0.227 e. The second-order valence-corrected chi connectivity index (χ2v) is 8.77. The summed E-state index contributed by atoms with van der Waals surface area (Å²) >= 11 is 0. The number of ether oxygens (including phenoxy) is 1. The first kappa shape index (κ1) is 20.2. The lowest BCUT2D eigenvalue weighted by atomic mass is 9.73. The Morgan fingerprint density at radius 1 is 1.13 bits per heavy atom. The van der Waals surface area contributed by atoms with Crippen LogP contribution in [-0.4, -0.2) is 18.8 Å². The number of benzene rings is 2. The summed E-state index contributed by atoms with van der Waals surface area (Å²) in [4.78, 5) is 28.5. The summed E-state index contributed by atoms with van der Waals surface area (Å²) in [6.45, 7) is 6.09. The van der Waals surface area contributed by atoms with Crippen LogP contribution in [0.5, 0.6) is 5.75 Å². The SMILES string of the molecule is CCC(=O)N1c2ccccc2NC2=C(C(=O)CC(C)(C)C2)[C@H]1c1ccc(OC)cc1. The molecule has 0 fully saturated rings. The predicted molar refractivity (Wildman–Crippen MR) is 119 cm³/mol. The third kappa shape index (κ3) is 3.49. The molecule has 1 atom stereocenters. The monoisotopic (exact) mass is 404 g/mol. The Morgan fingerprint density at radius 2 is 1.83 bits per heavy atom. The molecular weight excluding hydrogens is 376 g/mol. The number of carbonyl (C=O) groups excluding carboxylic acids is 2. The molecule has 5 nitrogen and oxygen atoms in total. The molecule has 1 heterocycles. The molecule has 0 spiro atoms. The zero-order valence-electron chi connectivity index (χ0n) is 18.0. The van der Waals surface area contributed by atoms with Gasteiger partial charge < -0.3 is 10.1 Å². The molecule has 0 unspecified atom stereocenters. The molecule has 4 rings (SSSR count). The molecule has 1 amide bonds. The first-order valence-electron chi connectivity index (χ1n) is 10.4. The molecule has 156 valence electrons. The van der Waals surface area contributed by atoms with Crippen molar-refractivity contribution in [1.82, 2.24) is 0 Å². The second-order valence-electron chi connectivity index (χ2n) is 8.77. The molecule has 0 radical (unpaired) electrons. The Morgan fingerprint density at radius 3 is 2.50 bits per heavy atom. The van der Waals surface area contributed by atoms with E-state index >= 15 is 0 Å². The van der Waals surface area contributed by atoms with Gasteiger partial charge in [0.05, 0.1) is 24.5 Å². The number of nitrogens with zero attached hydrogens (tertiary/aromatic N) is 1. The maximum absolute atomic E-state index is 13.5.